The number of pyridine rings is 2. The molecule has 0 unspecified atom stereocenters. The van der Waals surface area contributed by atoms with Crippen molar-refractivity contribution in [1.29, 1.82) is 0 Å². The third kappa shape index (κ3) is 10.5. The van der Waals surface area contributed by atoms with Crippen LogP contribution in [0.5, 0.6) is 23.0 Å². The van der Waals surface area contributed by atoms with Crippen LogP contribution < -0.4 is 63.0 Å². The highest BCUT2D eigenvalue weighted by molar-refractivity contribution is 7.20. The molecule has 116 heavy (non-hydrogen) atoms. The lowest BCUT2D eigenvalue weighted by Gasteiger charge is -2.34. The van der Waals surface area contributed by atoms with Crippen LogP contribution in [0, 0.1) is 0 Å². The average molecular weight is 1490 g/mol. The van der Waals surface area contributed by atoms with E-state index in [1.54, 1.807) is 0 Å². The molecule has 16 aromatic carbocycles. The number of ether oxygens (including phenoxy) is 2. The molecule has 2 aliphatic heterocycles. The fourth-order valence-electron chi connectivity index (χ4n) is 19.5. The van der Waals surface area contributed by atoms with Crippen molar-refractivity contribution >= 4 is 140 Å². The van der Waals surface area contributed by atoms with Crippen molar-refractivity contribution < 1.29 is 9.47 Å². The minimum Gasteiger partial charge on any atom is -0.458 e. The molecule has 2 aliphatic rings. The number of rotatable bonds is 13. The van der Waals surface area contributed by atoms with E-state index in [9.17, 15) is 0 Å². The largest absolute Gasteiger partial charge is 0.458 e. The van der Waals surface area contributed by atoms with Crippen molar-refractivity contribution in [1.82, 2.24) is 23.7 Å². The molecule has 0 atom stereocenters. The molecule has 0 amide bonds. The Bertz CT molecular complexity index is 7020. The lowest BCUT2D eigenvalue weighted by atomic mass is 9.34. The van der Waals surface area contributed by atoms with Crippen LogP contribution >= 0.6 is 0 Å². The van der Waals surface area contributed by atoms with Crippen molar-refractivity contribution in [2.24, 2.45) is 0 Å². The predicted octanol–water partition coefficient (Wildman–Crippen LogP) is 19.1. The van der Waals surface area contributed by atoms with E-state index in [2.05, 4.69) is 420 Å². The number of hydrogen-bond acceptors (Lipinski definition) is 4. The first-order valence-corrected chi connectivity index (χ1v) is 41.8. The number of aromatic nitrogens is 5. The molecule has 7 heterocycles. The average Bonchev–Trinajstić information content (AvgIpc) is 1.45. The van der Waals surface area contributed by atoms with Gasteiger partial charge in [0.2, 0.25) is 0 Å². The molecule has 7 nitrogen and oxygen atoms in total. The molecular formula is C106H69B2N5O2Si. The van der Waals surface area contributed by atoms with Gasteiger partial charge in [0, 0.05) is 50.4 Å². The van der Waals surface area contributed by atoms with Crippen molar-refractivity contribution in [3.63, 3.8) is 0 Å². The molecule has 0 aliphatic carbocycles. The summed E-state index contributed by atoms with van der Waals surface area (Å²) in [6.45, 7) is -0.511. The molecule has 540 valence electrons. The summed E-state index contributed by atoms with van der Waals surface area (Å²) in [6, 6.07) is 150. The maximum Gasteiger partial charge on any atom is 0.253 e. The first-order chi connectivity index (χ1) is 57.6. The summed E-state index contributed by atoms with van der Waals surface area (Å²) in [5.74, 6) is 4.48. The van der Waals surface area contributed by atoms with Gasteiger partial charge in [-0.25, -0.2) is 9.97 Å². The van der Waals surface area contributed by atoms with Gasteiger partial charge in [0.1, 0.15) is 11.5 Å². The summed E-state index contributed by atoms with van der Waals surface area (Å²) >= 11 is 0. The molecule has 10 heteroatoms. The van der Waals surface area contributed by atoms with Gasteiger partial charge in [-0.2, -0.15) is 0 Å². The Morgan fingerprint density at radius 3 is 1.16 bits per heavy atom. The predicted molar refractivity (Wildman–Crippen MR) is 486 cm³/mol. The minimum absolute atomic E-state index is 0.0705. The summed E-state index contributed by atoms with van der Waals surface area (Å²) in [4.78, 5) is 10.9. The quantitative estimate of drug-likeness (QED) is 0.0853. The summed E-state index contributed by atoms with van der Waals surface area (Å²) in [7, 11) is -3.02. The van der Waals surface area contributed by atoms with E-state index < -0.39 is 14.8 Å². The van der Waals surface area contributed by atoms with Gasteiger partial charge in [-0.05, 0) is 172 Å². The maximum absolute atomic E-state index is 7.85. The van der Waals surface area contributed by atoms with Gasteiger partial charge in [-0.1, -0.05) is 332 Å². The van der Waals surface area contributed by atoms with Crippen molar-refractivity contribution in [2.75, 3.05) is 0 Å². The fraction of sp³-hybridized carbons (Fsp3) is 0. The van der Waals surface area contributed by atoms with Crippen LogP contribution in [0.1, 0.15) is 0 Å². The van der Waals surface area contributed by atoms with E-state index in [4.69, 9.17) is 19.4 Å². The number of hydrogen-bond donors (Lipinski definition) is 0. The zero-order valence-electron chi connectivity index (χ0n) is 63.0. The topological polar surface area (TPSA) is 59.0 Å². The Morgan fingerprint density at radius 1 is 0.233 bits per heavy atom. The number of benzene rings is 16. The number of para-hydroxylation sites is 6. The van der Waals surface area contributed by atoms with Gasteiger partial charge in [0.25, 0.3) is 13.4 Å². The normalized spacial score (nSPS) is 12.4. The van der Waals surface area contributed by atoms with Crippen LogP contribution in [0.2, 0.25) is 0 Å². The Balaban J connectivity index is 0.784. The molecule has 5 aromatic heterocycles. The third-order valence-corrected chi connectivity index (χ3v) is 29.2. The lowest BCUT2D eigenvalue weighted by molar-refractivity contribution is 0.478. The van der Waals surface area contributed by atoms with Gasteiger partial charge in [0.15, 0.2) is 31.2 Å². The Kier molecular flexibility index (Phi) is 15.7. The smallest absolute Gasteiger partial charge is 0.253 e. The van der Waals surface area contributed by atoms with Crippen LogP contribution in [-0.2, 0) is 0 Å². The van der Waals surface area contributed by atoms with Crippen LogP contribution in [0.3, 0.4) is 0 Å². The number of nitrogens with zero attached hydrogens (tertiary/aromatic N) is 5. The van der Waals surface area contributed by atoms with E-state index in [1.165, 1.54) is 31.6 Å². The zero-order valence-corrected chi connectivity index (χ0v) is 64.0. The second kappa shape index (κ2) is 27.2. The SMILES string of the molecule is c1ccc(-c2cc(-c3ccc4c5cc([Si](c6ccccc6)(c6ccccc6)c6ccccc6)ccc5n(-c5cccc(-c6ccccc6B6c7ccccc7Oc7ccccc76)c5)c4c3)cc(-c3ccccc3)c2B2c3ccnc(-n4c5ccccc5c5ccccc54)c3Oc3c2ccnc3-n2c3ccccc3c3ccccc32)cc1. The summed E-state index contributed by atoms with van der Waals surface area (Å²) in [6.07, 6.45) is 3.96. The molecule has 0 spiro atoms. The van der Waals surface area contributed by atoms with Gasteiger partial charge in [-0.3, -0.25) is 9.13 Å². The fourth-order valence-corrected chi connectivity index (χ4v) is 24.2. The first-order valence-electron chi connectivity index (χ1n) is 39.8. The molecule has 0 N–H and O–H groups in total. The highest BCUT2D eigenvalue weighted by Crippen LogP contribution is 2.44. The highest BCUT2D eigenvalue weighted by Gasteiger charge is 2.44. The first kappa shape index (κ1) is 66.9. The van der Waals surface area contributed by atoms with Gasteiger partial charge >= 0.3 is 0 Å². The minimum atomic E-state index is -3.02. The molecule has 0 saturated carbocycles. The van der Waals surface area contributed by atoms with E-state index in [-0.39, 0.29) is 6.71 Å². The standard InChI is InChI=1S/C106H69B2N5O2Si/c1-6-31-70(32-7-1)86-66-74(67-87(71-33-8-2-9-34-71)102(86)108-92-61-63-109-105(112-94-51-24-17-44-81(94)82-45-18-25-52-95(82)112)103(92)115-104-93(108)62-64-110-106(104)113-96-53-26-19-46-83(96)84-47-20-27-54-97(84)113)72-57-59-85-88-69-79(116(76-37-10-3-11-38-76,77-39-12-4-13-40-77)78-41-14-5-15-42-78)58-60-98(88)111(99(85)68-72)75-36-30-35-73(65-75)80-43-16-21-48-89(80)107-90-49-22-28-55-100(90)114-101-56-29-23-50-91(101)107/h1-69H. The van der Waals surface area contributed by atoms with E-state index in [1.807, 2.05) is 12.4 Å². The summed E-state index contributed by atoms with van der Waals surface area (Å²) < 4.78 is 21.6. The van der Waals surface area contributed by atoms with Crippen molar-refractivity contribution in [2.45, 2.75) is 0 Å². The highest BCUT2D eigenvalue weighted by atomic mass is 28.3. The summed E-state index contributed by atoms with van der Waals surface area (Å²) in [5.41, 5.74) is 22.8. The molecule has 0 bridgehead atoms. The molecule has 0 saturated heterocycles. The van der Waals surface area contributed by atoms with Gasteiger partial charge in [-0.15, -0.1) is 0 Å². The molecule has 23 rings (SSSR count). The lowest BCUT2D eigenvalue weighted by Crippen LogP contribution is -2.74. The maximum atomic E-state index is 7.85. The van der Waals surface area contributed by atoms with E-state index >= 15 is 0 Å². The Hall–Kier alpha value is -14.8. The van der Waals surface area contributed by atoms with Crippen LogP contribution in [0.15, 0.2) is 419 Å². The Labute approximate surface area is 672 Å². The van der Waals surface area contributed by atoms with Crippen LogP contribution in [0.4, 0.5) is 0 Å². The Morgan fingerprint density at radius 2 is 0.655 bits per heavy atom. The molecule has 0 fully saturated rings. The van der Waals surface area contributed by atoms with E-state index in [0.717, 1.165) is 149 Å². The van der Waals surface area contributed by atoms with Crippen LogP contribution in [0.25, 0.3) is 127 Å². The van der Waals surface area contributed by atoms with Gasteiger partial charge < -0.3 is 14.0 Å². The monoisotopic (exact) mass is 1490 g/mol. The summed E-state index contributed by atoms with van der Waals surface area (Å²) in [5, 5.41) is 12.1. The zero-order chi connectivity index (χ0) is 76.4. The third-order valence-electron chi connectivity index (χ3n) is 24.4. The van der Waals surface area contributed by atoms with Gasteiger partial charge in [0.05, 0.1) is 33.1 Å². The van der Waals surface area contributed by atoms with E-state index in [0.29, 0.717) is 23.1 Å². The second-order valence-corrected chi connectivity index (χ2v) is 34.3. The molecule has 0 radical (unpaired) electrons. The molecule has 21 aromatic rings. The van der Waals surface area contributed by atoms with Crippen molar-refractivity contribution in [3.05, 3.63) is 419 Å². The second-order valence-electron chi connectivity index (χ2n) is 30.5. The molecular weight excluding hydrogens is 1420 g/mol. The van der Waals surface area contributed by atoms with Crippen molar-refractivity contribution in [3.8, 4) is 84.8 Å². The number of fused-ring (bicyclic) bond motifs is 13. The van der Waals surface area contributed by atoms with Crippen LogP contribution in [-0.4, -0.2) is 45.2 Å².